The second kappa shape index (κ2) is 6.95. The Morgan fingerprint density at radius 3 is 2.50 bits per heavy atom. The Balaban J connectivity index is 1.32. The summed E-state index contributed by atoms with van der Waals surface area (Å²) in [7, 11) is 0. The molecule has 2 aromatic rings. The van der Waals surface area contributed by atoms with Crippen molar-refractivity contribution in [3.8, 4) is 0 Å². The maximum atomic E-state index is 5.53. The summed E-state index contributed by atoms with van der Waals surface area (Å²) < 4.78 is 5.53. The van der Waals surface area contributed by atoms with Gasteiger partial charge < -0.3 is 15.1 Å². The number of thiocarbonyl (C=S) groups is 1. The highest BCUT2D eigenvalue weighted by molar-refractivity contribution is 7.80. The van der Waals surface area contributed by atoms with Crippen LogP contribution < -0.4 is 10.6 Å². The molecule has 2 bridgehead atoms. The Morgan fingerprint density at radius 1 is 1.08 bits per heavy atom. The molecule has 0 aliphatic carbocycles. The van der Waals surface area contributed by atoms with Gasteiger partial charge in [-0.05, 0) is 62.2 Å². The summed E-state index contributed by atoms with van der Waals surface area (Å²) in [4.78, 5) is 2.62. The van der Waals surface area contributed by atoms with E-state index in [4.69, 9.17) is 16.6 Å². The number of hydrogen-bond donors (Lipinski definition) is 2. The van der Waals surface area contributed by atoms with Crippen LogP contribution in [0.4, 0.5) is 5.69 Å². The third-order valence-electron chi connectivity index (χ3n) is 5.17. The third kappa shape index (κ3) is 3.47. The summed E-state index contributed by atoms with van der Waals surface area (Å²) in [5.41, 5.74) is 1.04. The maximum Gasteiger partial charge on any atom is 0.170 e. The molecule has 0 spiro atoms. The quantitative estimate of drug-likeness (QED) is 0.829. The van der Waals surface area contributed by atoms with Gasteiger partial charge in [0.15, 0.2) is 5.11 Å². The molecule has 0 amide bonds. The molecule has 24 heavy (non-hydrogen) atoms. The van der Waals surface area contributed by atoms with Crippen molar-refractivity contribution in [2.75, 3.05) is 5.32 Å². The van der Waals surface area contributed by atoms with Crippen molar-refractivity contribution in [1.29, 1.82) is 0 Å². The van der Waals surface area contributed by atoms with Crippen molar-refractivity contribution in [3.05, 3.63) is 54.5 Å². The van der Waals surface area contributed by atoms with E-state index in [0.29, 0.717) is 18.1 Å². The largest absolute Gasteiger partial charge is 0.468 e. The summed E-state index contributed by atoms with van der Waals surface area (Å²) >= 11 is 5.49. The van der Waals surface area contributed by atoms with Crippen LogP contribution in [-0.2, 0) is 6.54 Å². The van der Waals surface area contributed by atoms with E-state index >= 15 is 0 Å². The molecule has 3 heterocycles. The van der Waals surface area contributed by atoms with Crippen LogP contribution in [0.5, 0.6) is 0 Å². The van der Waals surface area contributed by atoms with E-state index in [1.807, 2.05) is 36.4 Å². The molecule has 5 heteroatoms. The van der Waals surface area contributed by atoms with Gasteiger partial charge >= 0.3 is 0 Å². The van der Waals surface area contributed by atoms with E-state index < -0.39 is 0 Å². The van der Waals surface area contributed by atoms with E-state index in [1.54, 1.807) is 6.26 Å². The van der Waals surface area contributed by atoms with Gasteiger partial charge in [0.05, 0.1) is 12.8 Å². The monoisotopic (exact) mass is 341 g/mol. The number of piperidine rings is 1. The Bertz CT molecular complexity index is 659. The molecular weight excluding hydrogens is 318 g/mol. The van der Waals surface area contributed by atoms with Crippen LogP contribution in [0.3, 0.4) is 0 Å². The zero-order valence-corrected chi connectivity index (χ0v) is 14.5. The van der Waals surface area contributed by atoms with Crippen LogP contribution in [0.1, 0.15) is 31.4 Å². The van der Waals surface area contributed by atoms with E-state index in [9.17, 15) is 0 Å². The van der Waals surface area contributed by atoms with Crippen LogP contribution in [-0.4, -0.2) is 28.1 Å². The molecule has 4 nitrogen and oxygen atoms in total. The van der Waals surface area contributed by atoms with Crippen molar-refractivity contribution in [2.45, 2.75) is 50.4 Å². The number of nitrogens with one attached hydrogen (secondary N) is 2. The molecule has 2 atom stereocenters. The summed E-state index contributed by atoms with van der Waals surface area (Å²) in [5.74, 6) is 1.07. The lowest BCUT2D eigenvalue weighted by Crippen LogP contribution is -2.50. The number of nitrogens with zero attached hydrogens (tertiary/aromatic N) is 1. The minimum Gasteiger partial charge on any atom is -0.468 e. The molecular formula is C19H23N3OS. The number of para-hydroxylation sites is 1. The van der Waals surface area contributed by atoms with E-state index in [2.05, 4.69) is 21.6 Å². The summed E-state index contributed by atoms with van der Waals surface area (Å²) in [5, 5.41) is 7.52. The topological polar surface area (TPSA) is 40.4 Å². The predicted octanol–water partition coefficient (Wildman–Crippen LogP) is 3.76. The van der Waals surface area contributed by atoms with Crippen molar-refractivity contribution in [1.82, 2.24) is 10.2 Å². The molecule has 126 valence electrons. The highest BCUT2D eigenvalue weighted by Crippen LogP contribution is 2.36. The molecule has 2 aliphatic heterocycles. The average molecular weight is 341 g/mol. The van der Waals surface area contributed by atoms with Crippen LogP contribution in [0.2, 0.25) is 0 Å². The summed E-state index contributed by atoms with van der Waals surface area (Å²) in [6.45, 7) is 0.932. The fourth-order valence-corrected chi connectivity index (χ4v) is 4.39. The molecule has 2 aliphatic rings. The van der Waals surface area contributed by atoms with Gasteiger partial charge in [0.2, 0.25) is 0 Å². The standard InChI is InChI=1S/C19H23N3OS/c24-19(20-14-5-2-1-3-6-14)21-15-11-16-8-9-17(12-15)22(16)13-18-7-4-10-23-18/h1-7,10,15-17H,8-9,11-13H2,(H2,20,21,24)/t16-,17-/m0/s1. The van der Waals surface area contributed by atoms with Crippen molar-refractivity contribution < 1.29 is 4.42 Å². The zero-order valence-electron chi connectivity index (χ0n) is 13.7. The Morgan fingerprint density at radius 2 is 1.83 bits per heavy atom. The molecule has 0 saturated carbocycles. The fourth-order valence-electron chi connectivity index (χ4n) is 4.11. The number of furan rings is 1. The minimum atomic E-state index is 0.457. The van der Waals surface area contributed by atoms with E-state index in [1.165, 1.54) is 12.8 Å². The molecule has 2 N–H and O–H groups in total. The second-order valence-corrected chi connectivity index (χ2v) is 7.18. The lowest BCUT2D eigenvalue weighted by atomic mass is 9.97. The zero-order chi connectivity index (χ0) is 16.4. The first-order valence-corrected chi connectivity index (χ1v) is 9.09. The normalized spacial score (nSPS) is 26.2. The molecule has 0 unspecified atom stereocenters. The van der Waals surface area contributed by atoms with E-state index in [0.717, 1.165) is 35.9 Å². The van der Waals surface area contributed by atoms with Crippen LogP contribution >= 0.6 is 12.2 Å². The van der Waals surface area contributed by atoms with Gasteiger partial charge in [-0.2, -0.15) is 0 Å². The molecule has 4 rings (SSSR count). The summed E-state index contributed by atoms with van der Waals surface area (Å²) in [6.07, 6.45) is 6.62. The SMILES string of the molecule is S=C(Nc1ccccc1)NC1C[C@@H]2CC[C@@H](C1)N2Cc1ccco1. The van der Waals surface area contributed by atoms with Gasteiger partial charge in [-0.25, -0.2) is 0 Å². The molecule has 2 saturated heterocycles. The highest BCUT2D eigenvalue weighted by atomic mass is 32.1. The van der Waals surface area contributed by atoms with Gasteiger partial charge in [-0.3, -0.25) is 4.90 Å². The first kappa shape index (κ1) is 15.7. The second-order valence-electron chi connectivity index (χ2n) is 6.77. The first-order chi connectivity index (χ1) is 11.8. The van der Waals surface area contributed by atoms with Crippen molar-refractivity contribution in [3.63, 3.8) is 0 Å². The number of benzene rings is 1. The van der Waals surface area contributed by atoms with Gasteiger partial charge in [0.1, 0.15) is 5.76 Å². The van der Waals surface area contributed by atoms with Crippen LogP contribution in [0.25, 0.3) is 0 Å². The average Bonchev–Trinajstić information content (AvgIpc) is 3.16. The number of anilines is 1. The molecule has 1 aromatic heterocycles. The van der Waals surface area contributed by atoms with Gasteiger partial charge in [-0.1, -0.05) is 18.2 Å². The number of rotatable bonds is 4. The van der Waals surface area contributed by atoms with Crippen molar-refractivity contribution >= 4 is 23.0 Å². The third-order valence-corrected chi connectivity index (χ3v) is 5.39. The lowest BCUT2D eigenvalue weighted by Gasteiger charge is -2.39. The summed E-state index contributed by atoms with van der Waals surface area (Å²) in [6, 6.07) is 15.9. The maximum absolute atomic E-state index is 5.53. The van der Waals surface area contributed by atoms with E-state index in [-0.39, 0.29) is 0 Å². The first-order valence-electron chi connectivity index (χ1n) is 8.68. The highest BCUT2D eigenvalue weighted by Gasteiger charge is 2.41. The number of fused-ring (bicyclic) bond motifs is 2. The predicted molar refractivity (Wildman–Crippen MR) is 99.9 cm³/mol. The fraction of sp³-hybridized carbons (Fsp3) is 0.421. The Labute approximate surface area is 148 Å². The Kier molecular flexibility index (Phi) is 4.54. The van der Waals surface area contributed by atoms with Gasteiger partial charge in [0.25, 0.3) is 0 Å². The van der Waals surface area contributed by atoms with Gasteiger partial charge in [0, 0.05) is 23.8 Å². The lowest BCUT2D eigenvalue weighted by molar-refractivity contribution is 0.106. The number of hydrogen-bond acceptors (Lipinski definition) is 3. The van der Waals surface area contributed by atoms with Crippen LogP contribution in [0.15, 0.2) is 53.1 Å². The molecule has 1 aromatic carbocycles. The Hall–Kier alpha value is -1.85. The smallest absolute Gasteiger partial charge is 0.170 e. The van der Waals surface area contributed by atoms with Gasteiger partial charge in [-0.15, -0.1) is 0 Å². The molecule has 0 radical (unpaired) electrons. The van der Waals surface area contributed by atoms with Crippen molar-refractivity contribution in [2.24, 2.45) is 0 Å². The molecule has 2 fully saturated rings. The minimum absolute atomic E-state index is 0.457. The van der Waals surface area contributed by atoms with Crippen LogP contribution in [0, 0.1) is 0 Å².